The van der Waals surface area contributed by atoms with Crippen LogP contribution in [0, 0.1) is 5.92 Å². The summed E-state index contributed by atoms with van der Waals surface area (Å²) in [6.45, 7) is 3.00. The fraction of sp³-hybridized carbons (Fsp3) is 0.333. The van der Waals surface area contributed by atoms with E-state index in [1.54, 1.807) is 18.2 Å². The third-order valence-corrected chi connectivity index (χ3v) is 6.09. The maximum atomic E-state index is 12.7. The minimum Gasteiger partial charge on any atom is -0.494 e. The number of ether oxygens (including phenoxy) is 2. The number of piperidine rings is 1. The Kier molecular flexibility index (Phi) is 7.58. The van der Waals surface area contributed by atoms with E-state index in [2.05, 4.69) is 5.32 Å². The van der Waals surface area contributed by atoms with Crippen LogP contribution >= 0.6 is 0 Å². The third kappa shape index (κ3) is 5.90. The fourth-order valence-corrected chi connectivity index (χ4v) is 4.37. The van der Waals surface area contributed by atoms with Crippen LogP contribution in [0.4, 0.5) is 0 Å². The van der Waals surface area contributed by atoms with E-state index in [1.807, 2.05) is 42.5 Å². The van der Waals surface area contributed by atoms with Crippen molar-refractivity contribution in [3.8, 4) is 5.75 Å². The Morgan fingerprint density at radius 3 is 2.67 bits per heavy atom. The van der Waals surface area contributed by atoms with Crippen molar-refractivity contribution in [3.63, 3.8) is 0 Å². The molecule has 3 N–H and O–H groups in total. The van der Waals surface area contributed by atoms with Crippen LogP contribution in [0.5, 0.6) is 5.75 Å². The number of rotatable bonds is 9. The van der Waals surface area contributed by atoms with Crippen molar-refractivity contribution in [3.05, 3.63) is 77.4 Å². The fourth-order valence-electron chi connectivity index (χ4n) is 4.37. The van der Waals surface area contributed by atoms with E-state index in [-0.39, 0.29) is 17.7 Å². The Bertz CT molecular complexity index is 1110. The summed E-state index contributed by atoms with van der Waals surface area (Å²) in [6, 6.07) is 18.3. The van der Waals surface area contributed by atoms with Crippen molar-refractivity contribution in [2.24, 2.45) is 11.7 Å². The van der Waals surface area contributed by atoms with Gasteiger partial charge in [-0.05, 0) is 85.3 Å². The molecular weight excluding hydrogens is 416 g/mol. The average Bonchev–Trinajstić information content (AvgIpc) is 2.85. The summed E-state index contributed by atoms with van der Waals surface area (Å²) in [4.78, 5) is 24.9. The second kappa shape index (κ2) is 11.0. The van der Waals surface area contributed by atoms with Gasteiger partial charge in [0.2, 0.25) is 5.91 Å². The van der Waals surface area contributed by atoms with Gasteiger partial charge in [0.05, 0.1) is 17.7 Å². The van der Waals surface area contributed by atoms with Gasteiger partial charge in [-0.1, -0.05) is 36.4 Å². The Hall–Kier alpha value is -3.38. The minimum atomic E-state index is -0.665. The Labute approximate surface area is 194 Å². The number of primary amides is 1. The zero-order chi connectivity index (χ0) is 23.0. The number of amides is 1. The van der Waals surface area contributed by atoms with Crippen LogP contribution in [0.3, 0.4) is 0 Å². The molecule has 1 atom stereocenters. The molecule has 172 valence electrons. The first-order chi connectivity index (χ1) is 16.1. The van der Waals surface area contributed by atoms with Crippen molar-refractivity contribution in [2.75, 3.05) is 19.7 Å². The summed E-state index contributed by atoms with van der Waals surface area (Å²) in [5.41, 5.74) is 6.85. The van der Waals surface area contributed by atoms with Crippen LogP contribution in [0.15, 0.2) is 60.7 Å². The van der Waals surface area contributed by atoms with Gasteiger partial charge in [-0.3, -0.25) is 4.79 Å². The molecule has 1 fully saturated rings. The largest absolute Gasteiger partial charge is 0.494 e. The number of esters is 1. The molecule has 1 aliphatic heterocycles. The highest BCUT2D eigenvalue weighted by Gasteiger charge is 2.20. The van der Waals surface area contributed by atoms with Crippen LogP contribution in [0.2, 0.25) is 0 Å². The van der Waals surface area contributed by atoms with Crippen molar-refractivity contribution < 1.29 is 19.1 Å². The summed E-state index contributed by atoms with van der Waals surface area (Å²) < 4.78 is 11.4. The van der Waals surface area contributed by atoms with Gasteiger partial charge in [0, 0.05) is 0 Å². The summed E-state index contributed by atoms with van der Waals surface area (Å²) in [6.07, 6.45) is 4.69. The molecule has 33 heavy (non-hydrogen) atoms. The van der Waals surface area contributed by atoms with Crippen LogP contribution < -0.4 is 15.8 Å². The average molecular weight is 447 g/mol. The number of fused-ring (bicyclic) bond motifs is 1. The van der Waals surface area contributed by atoms with E-state index in [9.17, 15) is 9.59 Å². The third-order valence-electron chi connectivity index (χ3n) is 6.09. The van der Waals surface area contributed by atoms with E-state index >= 15 is 0 Å². The quantitative estimate of drug-likeness (QED) is 0.374. The van der Waals surface area contributed by atoms with E-state index in [0.717, 1.165) is 48.5 Å². The first-order valence-electron chi connectivity index (χ1n) is 11.5. The number of carbonyl (C=O) groups is 2. The number of benzene rings is 3. The SMILES string of the molecule is NC(=O)c1c(C(=O)OCc2ccccc2)ccc2cc(OCCCC3CCCNC3)ccc12. The van der Waals surface area contributed by atoms with Crippen molar-refractivity contribution in [1.29, 1.82) is 0 Å². The zero-order valence-electron chi connectivity index (χ0n) is 18.7. The predicted octanol–water partition coefficient (Wildman–Crippen LogP) is 4.45. The second-order valence-electron chi connectivity index (χ2n) is 8.50. The molecule has 1 aliphatic rings. The number of nitrogens with two attached hydrogens (primary N) is 1. The molecule has 6 nitrogen and oxygen atoms in total. The number of hydrogen-bond acceptors (Lipinski definition) is 5. The van der Waals surface area contributed by atoms with Crippen molar-refractivity contribution in [1.82, 2.24) is 5.32 Å². The highest BCUT2D eigenvalue weighted by molar-refractivity contribution is 6.14. The molecule has 0 aromatic heterocycles. The highest BCUT2D eigenvalue weighted by Crippen LogP contribution is 2.27. The molecule has 1 amide bonds. The highest BCUT2D eigenvalue weighted by atomic mass is 16.5. The van der Waals surface area contributed by atoms with Crippen LogP contribution in [-0.4, -0.2) is 31.6 Å². The number of hydrogen-bond donors (Lipinski definition) is 2. The molecule has 0 spiro atoms. The van der Waals surface area contributed by atoms with Gasteiger partial charge in [-0.2, -0.15) is 0 Å². The lowest BCUT2D eigenvalue weighted by Gasteiger charge is -2.22. The molecule has 0 aliphatic carbocycles. The molecule has 1 heterocycles. The molecule has 0 saturated carbocycles. The molecule has 6 heteroatoms. The van der Waals surface area contributed by atoms with Gasteiger partial charge in [-0.25, -0.2) is 4.79 Å². The van der Waals surface area contributed by atoms with E-state index in [0.29, 0.717) is 12.0 Å². The van der Waals surface area contributed by atoms with E-state index < -0.39 is 11.9 Å². The normalized spacial score (nSPS) is 15.8. The smallest absolute Gasteiger partial charge is 0.339 e. The summed E-state index contributed by atoms with van der Waals surface area (Å²) >= 11 is 0. The standard InChI is InChI=1S/C27H30N2O4/c28-26(30)25-23-13-11-22(32-15-5-9-19-8-4-14-29-17-19)16-21(23)10-12-24(25)27(31)33-18-20-6-2-1-3-7-20/h1-3,6-7,10-13,16,19,29H,4-5,8-9,14-15,17-18H2,(H2,28,30). The Balaban J connectivity index is 1.43. The van der Waals surface area contributed by atoms with Crippen molar-refractivity contribution in [2.45, 2.75) is 32.3 Å². The zero-order valence-corrected chi connectivity index (χ0v) is 18.7. The molecule has 1 saturated heterocycles. The topological polar surface area (TPSA) is 90.7 Å². The lowest BCUT2D eigenvalue weighted by molar-refractivity contribution is 0.0470. The summed E-state index contributed by atoms with van der Waals surface area (Å²) in [5, 5.41) is 4.84. The summed E-state index contributed by atoms with van der Waals surface area (Å²) in [5.74, 6) is 0.227. The molecule has 3 aromatic carbocycles. The van der Waals surface area contributed by atoms with Gasteiger partial charge in [-0.15, -0.1) is 0 Å². The monoisotopic (exact) mass is 446 g/mol. The number of carbonyl (C=O) groups excluding carboxylic acids is 2. The first kappa shape index (κ1) is 22.8. The predicted molar refractivity (Wildman–Crippen MR) is 128 cm³/mol. The molecule has 0 bridgehead atoms. The van der Waals surface area contributed by atoms with Gasteiger partial charge in [0.1, 0.15) is 12.4 Å². The van der Waals surface area contributed by atoms with Gasteiger partial charge in [0.15, 0.2) is 0 Å². The van der Waals surface area contributed by atoms with Crippen molar-refractivity contribution >= 4 is 22.6 Å². The van der Waals surface area contributed by atoms with Gasteiger partial charge >= 0.3 is 5.97 Å². The second-order valence-corrected chi connectivity index (χ2v) is 8.50. The molecule has 4 rings (SSSR count). The Morgan fingerprint density at radius 2 is 1.91 bits per heavy atom. The number of nitrogens with one attached hydrogen (secondary N) is 1. The van der Waals surface area contributed by atoms with Gasteiger partial charge < -0.3 is 20.5 Å². The molecular formula is C27H30N2O4. The van der Waals surface area contributed by atoms with E-state index in [1.165, 1.54) is 12.8 Å². The molecule has 3 aromatic rings. The lowest BCUT2D eigenvalue weighted by Crippen LogP contribution is -2.29. The maximum absolute atomic E-state index is 12.7. The van der Waals surface area contributed by atoms with Crippen LogP contribution in [-0.2, 0) is 11.3 Å². The van der Waals surface area contributed by atoms with Crippen LogP contribution in [0.1, 0.15) is 52.0 Å². The van der Waals surface area contributed by atoms with Crippen LogP contribution in [0.25, 0.3) is 10.8 Å². The van der Waals surface area contributed by atoms with Gasteiger partial charge in [0.25, 0.3) is 0 Å². The molecule has 0 radical (unpaired) electrons. The summed E-state index contributed by atoms with van der Waals surface area (Å²) in [7, 11) is 0. The maximum Gasteiger partial charge on any atom is 0.339 e. The molecule has 1 unspecified atom stereocenters. The first-order valence-corrected chi connectivity index (χ1v) is 11.5. The van der Waals surface area contributed by atoms with E-state index in [4.69, 9.17) is 15.2 Å². The Morgan fingerprint density at radius 1 is 1.06 bits per heavy atom. The lowest BCUT2D eigenvalue weighted by atomic mass is 9.95. The minimum absolute atomic E-state index is 0.125.